The molecule has 1 amide bonds. The van der Waals surface area contributed by atoms with Crippen LogP contribution in [0.1, 0.15) is 46.0 Å². The van der Waals surface area contributed by atoms with Gasteiger partial charge in [0.15, 0.2) is 0 Å². The first-order chi connectivity index (χ1) is 10.6. The second-order valence-electron chi connectivity index (χ2n) is 7.24. The van der Waals surface area contributed by atoms with Crippen LogP contribution in [0, 0.1) is 5.92 Å². The number of carbonyl (C=O) groups excluding carboxylic acids is 1. The van der Waals surface area contributed by atoms with E-state index in [1.807, 2.05) is 0 Å². The average molecular weight is 307 g/mol. The third-order valence-electron chi connectivity index (χ3n) is 5.09. The molecule has 2 heterocycles. The van der Waals surface area contributed by atoms with Gasteiger partial charge >= 0.3 is 0 Å². The molecule has 1 atom stereocenters. The molecule has 2 rings (SSSR count). The first kappa shape index (κ1) is 17.5. The van der Waals surface area contributed by atoms with Crippen LogP contribution in [0.5, 0.6) is 0 Å². The van der Waals surface area contributed by atoms with E-state index in [2.05, 4.69) is 42.1 Å². The zero-order valence-corrected chi connectivity index (χ0v) is 14.6. The van der Waals surface area contributed by atoms with E-state index in [-0.39, 0.29) is 11.9 Å². The molecule has 0 bridgehead atoms. The molecule has 1 N–H and O–H groups in total. The van der Waals surface area contributed by atoms with Gasteiger partial charge in [-0.15, -0.1) is 0 Å². The molecule has 0 saturated carbocycles. The Labute approximate surface area is 135 Å². The van der Waals surface area contributed by atoms with Crippen LogP contribution >= 0.6 is 0 Å². The minimum absolute atomic E-state index is 0.115. The van der Waals surface area contributed by atoms with Crippen LogP contribution in [0.2, 0.25) is 0 Å². The Kier molecular flexibility index (Phi) is 6.90. The van der Waals surface area contributed by atoms with Crippen molar-refractivity contribution in [3.8, 4) is 0 Å². The molecule has 2 fully saturated rings. The molecule has 0 aliphatic carbocycles. The Balaban J connectivity index is 1.61. The number of carbonyl (C=O) groups is 1. The van der Waals surface area contributed by atoms with Crippen molar-refractivity contribution >= 4 is 5.91 Å². The SMILES string of the molecule is CC(C)=CCCN1CCC(CNC(=O)[C@@H]2CCCN2C)CC1. The van der Waals surface area contributed by atoms with Crippen LogP contribution in [0.25, 0.3) is 0 Å². The fourth-order valence-electron chi connectivity index (χ4n) is 3.55. The second-order valence-corrected chi connectivity index (χ2v) is 7.24. The molecule has 0 aromatic heterocycles. The van der Waals surface area contributed by atoms with E-state index < -0.39 is 0 Å². The van der Waals surface area contributed by atoms with Crippen LogP contribution in [0.4, 0.5) is 0 Å². The summed E-state index contributed by atoms with van der Waals surface area (Å²) in [6.07, 6.45) is 8.09. The Bertz CT molecular complexity index is 382. The molecular formula is C18H33N3O. The highest BCUT2D eigenvalue weighted by molar-refractivity contribution is 5.81. The molecule has 4 heteroatoms. The number of likely N-dealkylation sites (tertiary alicyclic amines) is 2. The molecule has 2 aliphatic heterocycles. The van der Waals surface area contributed by atoms with Crippen molar-refractivity contribution < 1.29 is 4.79 Å². The van der Waals surface area contributed by atoms with E-state index in [9.17, 15) is 4.79 Å². The maximum Gasteiger partial charge on any atom is 0.237 e. The van der Waals surface area contributed by atoms with Crippen LogP contribution in [-0.4, -0.2) is 61.5 Å². The van der Waals surface area contributed by atoms with E-state index in [1.54, 1.807) is 0 Å². The summed E-state index contributed by atoms with van der Waals surface area (Å²) < 4.78 is 0. The highest BCUT2D eigenvalue weighted by atomic mass is 16.2. The Morgan fingerprint density at radius 1 is 1.18 bits per heavy atom. The first-order valence-electron chi connectivity index (χ1n) is 8.90. The number of allylic oxidation sites excluding steroid dienone is 1. The molecule has 4 nitrogen and oxygen atoms in total. The van der Waals surface area contributed by atoms with Crippen molar-refractivity contribution in [2.75, 3.05) is 39.8 Å². The lowest BCUT2D eigenvalue weighted by atomic mass is 9.96. The van der Waals surface area contributed by atoms with Crippen molar-refractivity contribution in [3.05, 3.63) is 11.6 Å². The Morgan fingerprint density at radius 3 is 2.50 bits per heavy atom. The highest BCUT2D eigenvalue weighted by Crippen LogP contribution is 2.18. The molecule has 0 radical (unpaired) electrons. The molecule has 0 unspecified atom stereocenters. The lowest BCUT2D eigenvalue weighted by molar-refractivity contribution is -0.125. The van der Waals surface area contributed by atoms with Gasteiger partial charge in [0.1, 0.15) is 0 Å². The lowest BCUT2D eigenvalue weighted by Crippen LogP contribution is -2.44. The van der Waals surface area contributed by atoms with E-state index in [0.717, 1.165) is 32.4 Å². The number of amides is 1. The molecule has 2 aliphatic rings. The largest absolute Gasteiger partial charge is 0.354 e. The maximum atomic E-state index is 12.2. The average Bonchev–Trinajstić information content (AvgIpc) is 2.92. The third-order valence-corrected chi connectivity index (χ3v) is 5.09. The van der Waals surface area contributed by atoms with Gasteiger partial charge in [-0.05, 0) is 78.6 Å². The summed E-state index contributed by atoms with van der Waals surface area (Å²) in [7, 11) is 2.06. The first-order valence-corrected chi connectivity index (χ1v) is 8.90. The predicted molar refractivity (Wildman–Crippen MR) is 91.9 cm³/mol. The molecular weight excluding hydrogens is 274 g/mol. The zero-order chi connectivity index (χ0) is 15.9. The van der Waals surface area contributed by atoms with Crippen LogP contribution in [-0.2, 0) is 4.79 Å². The Hall–Kier alpha value is -0.870. The highest BCUT2D eigenvalue weighted by Gasteiger charge is 2.28. The summed E-state index contributed by atoms with van der Waals surface area (Å²) in [6, 6.07) is 0.115. The minimum Gasteiger partial charge on any atom is -0.354 e. The topological polar surface area (TPSA) is 35.6 Å². The van der Waals surface area contributed by atoms with Crippen LogP contribution < -0.4 is 5.32 Å². The number of piperidine rings is 1. The number of nitrogens with one attached hydrogen (secondary N) is 1. The van der Waals surface area contributed by atoms with Crippen molar-refractivity contribution in [1.29, 1.82) is 0 Å². The van der Waals surface area contributed by atoms with Gasteiger partial charge in [0, 0.05) is 13.1 Å². The Morgan fingerprint density at radius 2 is 1.91 bits per heavy atom. The normalized spacial score (nSPS) is 24.4. The molecule has 22 heavy (non-hydrogen) atoms. The fraction of sp³-hybridized carbons (Fsp3) is 0.833. The zero-order valence-electron chi connectivity index (χ0n) is 14.6. The summed E-state index contributed by atoms with van der Waals surface area (Å²) in [5.41, 5.74) is 1.41. The van der Waals surface area contributed by atoms with Gasteiger partial charge in [-0.3, -0.25) is 9.69 Å². The summed E-state index contributed by atoms with van der Waals surface area (Å²) in [5, 5.41) is 3.19. The van der Waals surface area contributed by atoms with E-state index in [4.69, 9.17) is 0 Å². The van der Waals surface area contributed by atoms with Gasteiger partial charge in [0.2, 0.25) is 5.91 Å². The van der Waals surface area contributed by atoms with Crippen LogP contribution in [0.3, 0.4) is 0 Å². The maximum absolute atomic E-state index is 12.2. The molecule has 2 saturated heterocycles. The van der Waals surface area contributed by atoms with Gasteiger partial charge in [0.25, 0.3) is 0 Å². The van der Waals surface area contributed by atoms with Crippen molar-refractivity contribution in [3.63, 3.8) is 0 Å². The predicted octanol–water partition coefficient (Wildman–Crippen LogP) is 2.27. The van der Waals surface area contributed by atoms with Crippen molar-refractivity contribution in [2.24, 2.45) is 5.92 Å². The summed E-state index contributed by atoms with van der Waals surface area (Å²) in [4.78, 5) is 16.9. The fourth-order valence-corrected chi connectivity index (χ4v) is 3.55. The van der Waals surface area contributed by atoms with Crippen molar-refractivity contribution in [1.82, 2.24) is 15.1 Å². The minimum atomic E-state index is 0.115. The van der Waals surface area contributed by atoms with E-state index >= 15 is 0 Å². The van der Waals surface area contributed by atoms with E-state index in [0.29, 0.717) is 5.92 Å². The summed E-state index contributed by atoms with van der Waals surface area (Å²) in [5.74, 6) is 0.904. The number of likely N-dealkylation sites (N-methyl/N-ethyl adjacent to an activating group) is 1. The van der Waals surface area contributed by atoms with Gasteiger partial charge < -0.3 is 10.2 Å². The van der Waals surface area contributed by atoms with E-state index in [1.165, 1.54) is 38.0 Å². The van der Waals surface area contributed by atoms with Crippen molar-refractivity contribution in [2.45, 2.75) is 52.0 Å². The summed E-state index contributed by atoms with van der Waals surface area (Å²) in [6.45, 7) is 9.79. The quantitative estimate of drug-likeness (QED) is 0.765. The standard InChI is InChI=1S/C18H33N3O/c1-15(2)6-4-11-21-12-8-16(9-13-21)14-19-18(22)17-7-5-10-20(17)3/h6,16-17H,4-5,7-14H2,1-3H3,(H,19,22)/t17-/m0/s1. The third kappa shape index (κ3) is 5.40. The van der Waals surface area contributed by atoms with Crippen LogP contribution in [0.15, 0.2) is 11.6 Å². The molecule has 0 aromatic carbocycles. The molecule has 0 aromatic rings. The molecule has 126 valence electrons. The second kappa shape index (κ2) is 8.68. The molecule has 0 spiro atoms. The van der Waals surface area contributed by atoms with Gasteiger partial charge in [-0.25, -0.2) is 0 Å². The number of hydrogen-bond acceptors (Lipinski definition) is 3. The lowest BCUT2D eigenvalue weighted by Gasteiger charge is -2.32. The van der Waals surface area contributed by atoms with Gasteiger partial charge in [0.05, 0.1) is 6.04 Å². The number of nitrogens with zero attached hydrogens (tertiary/aromatic N) is 2. The van der Waals surface area contributed by atoms with Gasteiger partial charge in [-0.2, -0.15) is 0 Å². The summed E-state index contributed by atoms with van der Waals surface area (Å²) >= 11 is 0. The van der Waals surface area contributed by atoms with Gasteiger partial charge in [-0.1, -0.05) is 11.6 Å². The number of rotatable bonds is 6. The number of hydrogen-bond donors (Lipinski definition) is 1. The monoisotopic (exact) mass is 307 g/mol. The smallest absolute Gasteiger partial charge is 0.237 e.